The molecule has 0 aromatic heterocycles. The lowest BCUT2D eigenvalue weighted by molar-refractivity contribution is 0.0452. The van der Waals surface area contributed by atoms with Crippen molar-refractivity contribution in [2.75, 3.05) is 20.3 Å². The zero-order chi connectivity index (χ0) is 11.1. The topological polar surface area (TPSA) is 24.5 Å². The molecule has 1 N–H and O–H groups in total. The summed E-state index contributed by atoms with van der Waals surface area (Å²) in [5.74, 6) is 0. The molecule has 0 radical (unpaired) electrons. The molecule has 0 saturated carbocycles. The van der Waals surface area contributed by atoms with Crippen molar-refractivity contribution in [2.24, 2.45) is 0 Å². The Morgan fingerprint density at radius 1 is 1.20 bits per heavy atom. The predicted octanol–water partition coefficient (Wildman–Crippen LogP) is 2.18. The van der Waals surface area contributed by atoms with Crippen LogP contribution in [0.5, 0.6) is 0 Å². The highest BCUT2D eigenvalue weighted by Gasteiger charge is 2.23. The van der Waals surface area contributed by atoms with Crippen molar-refractivity contribution in [2.45, 2.75) is 58.0 Å². The van der Waals surface area contributed by atoms with Crippen LogP contribution in [0.15, 0.2) is 0 Å². The van der Waals surface area contributed by atoms with Crippen molar-refractivity contribution in [3.05, 3.63) is 0 Å². The molecule has 3 nitrogen and oxygen atoms in total. The second kappa shape index (κ2) is 7.20. The molecule has 1 aliphatic rings. The molecule has 90 valence electrons. The van der Waals surface area contributed by atoms with Crippen LogP contribution in [0.3, 0.4) is 0 Å². The molecule has 2 unspecified atom stereocenters. The largest absolute Gasteiger partial charge is 0.385 e. The Bertz CT molecular complexity index is 154. The van der Waals surface area contributed by atoms with Crippen LogP contribution in [0.2, 0.25) is 0 Å². The SMILES string of the molecule is COCCCCNN1C(C)CCCC1C. The minimum atomic E-state index is 0.691. The maximum atomic E-state index is 5.03. The van der Waals surface area contributed by atoms with Crippen molar-refractivity contribution in [1.29, 1.82) is 0 Å². The van der Waals surface area contributed by atoms with E-state index >= 15 is 0 Å². The van der Waals surface area contributed by atoms with Crippen LogP contribution < -0.4 is 5.43 Å². The van der Waals surface area contributed by atoms with Crippen LogP contribution >= 0.6 is 0 Å². The highest BCUT2D eigenvalue weighted by molar-refractivity contribution is 4.76. The van der Waals surface area contributed by atoms with Gasteiger partial charge < -0.3 is 4.74 Å². The smallest absolute Gasteiger partial charge is 0.0462 e. The molecule has 0 aromatic carbocycles. The number of nitrogens with zero attached hydrogens (tertiary/aromatic N) is 1. The normalized spacial score (nSPS) is 28.2. The van der Waals surface area contributed by atoms with Crippen molar-refractivity contribution in [1.82, 2.24) is 10.4 Å². The molecular weight excluding hydrogens is 188 g/mol. The zero-order valence-corrected chi connectivity index (χ0v) is 10.5. The minimum absolute atomic E-state index is 0.691. The number of methoxy groups -OCH3 is 1. The van der Waals surface area contributed by atoms with E-state index in [0.29, 0.717) is 12.1 Å². The first-order valence-corrected chi connectivity index (χ1v) is 6.26. The van der Waals surface area contributed by atoms with Gasteiger partial charge in [0.25, 0.3) is 0 Å². The zero-order valence-electron chi connectivity index (χ0n) is 10.5. The van der Waals surface area contributed by atoms with Gasteiger partial charge in [-0.15, -0.1) is 0 Å². The monoisotopic (exact) mass is 214 g/mol. The van der Waals surface area contributed by atoms with Crippen molar-refractivity contribution >= 4 is 0 Å². The van der Waals surface area contributed by atoms with Gasteiger partial charge in [0.1, 0.15) is 0 Å². The molecule has 1 saturated heterocycles. The summed E-state index contributed by atoms with van der Waals surface area (Å²) < 4.78 is 5.03. The van der Waals surface area contributed by atoms with Gasteiger partial charge in [0.15, 0.2) is 0 Å². The Morgan fingerprint density at radius 2 is 1.87 bits per heavy atom. The summed E-state index contributed by atoms with van der Waals surface area (Å²) >= 11 is 0. The van der Waals surface area contributed by atoms with Crippen molar-refractivity contribution < 1.29 is 4.74 Å². The van der Waals surface area contributed by atoms with E-state index in [9.17, 15) is 0 Å². The fraction of sp³-hybridized carbons (Fsp3) is 1.00. The van der Waals surface area contributed by atoms with Crippen LogP contribution in [0.1, 0.15) is 46.0 Å². The fourth-order valence-corrected chi connectivity index (χ4v) is 2.31. The van der Waals surface area contributed by atoms with Gasteiger partial charge in [-0.05, 0) is 39.5 Å². The van der Waals surface area contributed by atoms with Gasteiger partial charge in [-0.2, -0.15) is 0 Å². The molecule has 0 bridgehead atoms. The molecule has 1 heterocycles. The first-order valence-electron chi connectivity index (χ1n) is 6.26. The quantitative estimate of drug-likeness (QED) is 0.686. The maximum absolute atomic E-state index is 5.03. The third-order valence-electron chi connectivity index (χ3n) is 3.26. The molecular formula is C12H26N2O. The Morgan fingerprint density at radius 3 is 2.47 bits per heavy atom. The fourth-order valence-electron chi connectivity index (χ4n) is 2.31. The van der Waals surface area contributed by atoms with Gasteiger partial charge in [0.2, 0.25) is 0 Å². The maximum Gasteiger partial charge on any atom is 0.0462 e. The molecule has 15 heavy (non-hydrogen) atoms. The minimum Gasteiger partial charge on any atom is -0.385 e. The highest BCUT2D eigenvalue weighted by atomic mass is 16.5. The molecule has 1 aliphatic heterocycles. The van der Waals surface area contributed by atoms with Gasteiger partial charge in [0, 0.05) is 32.3 Å². The van der Waals surface area contributed by atoms with Gasteiger partial charge >= 0.3 is 0 Å². The molecule has 0 aromatic rings. The van der Waals surface area contributed by atoms with Crippen LogP contribution in [0, 0.1) is 0 Å². The predicted molar refractivity (Wildman–Crippen MR) is 63.7 cm³/mol. The summed E-state index contributed by atoms with van der Waals surface area (Å²) in [4.78, 5) is 0. The average molecular weight is 214 g/mol. The number of hydrogen-bond acceptors (Lipinski definition) is 3. The Balaban J connectivity index is 2.12. The molecule has 0 amide bonds. The second-order valence-corrected chi connectivity index (χ2v) is 4.64. The molecule has 0 aliphatic carbocycles. The summed E-state index contributed by atoms with van der Waals surface area (Å²) in [6, 6.07) is 1.38. The third kappa shape index (κ3) is 4.49. The van der Waals surface area contributed by atoms with Gasteiger partial charge in [-0.25, -0.2) is 5.01 Å². The third-order valence-corrected chi connectivity index (χ3v) is 3.26. The summed E-state index contributed by atoms with van der Waals surface area (Å²) in [5, 5.41) is 2.44. The summed E-state index contributed by atoms with van der Waals surface area (Å²) in [7, 11) is 1.77. The molecule has 2 atom stereocenters. The summed E-state index contributed by atoms with van der Waals surface area (Å²) in [5.41, 5.74) is 3.56. The van der Waals surface area contributed by atoms with E-state index in [1.165, 1.54) is 25.7 Å². The van der Waals surface area contributed by atoms with E-state index in [0.717, 1.165) is 19.6 Å². The number of nitrogens with one attached hydrogen (secondary N) is 1. The van der Waals surface area contributed by atoms with E-state index in [1.54, 1.807) is 7.11 Å². The molecule has 1 rings (SSSR count). The van der Waals surface area contributed by atoms with Crippen LogP contribution in [0.4, 0.5) is 0 Å². The Hall–Kier alpha value is -0.120. The molecule has 0 spiro atoms. The van der Waals surface area contributed by atoms with Crippen molar-refractivity contribution in [3.63, 3.8) is 0 Å². The highest BCUT2D eigenvalue weighted by Crippen LogP contribution is 2.19. The second-order valence-electron chi connectivity index (χ2n) is 4.64. The van der Waals surface area contributed by atoms with Gasteiger partial charge in [-0.1, -0.05) is 6.42 Å². The van der Waals surface area contributed by atoms with E-state index in [4.69, 9.17) is 4.74 Å². The van der Waals surface area contributed by atoms with E-state index in [-0.39, 0.29) is 0 Å². The standard InChI is InChI=1S/C12H26N2O/c1-11-7-6-8-12(2)14(11)13-9-4-5-10-15-3/h11-13H,4-10H2,1-3H3. The van der Waals surface area contributed by atoms with Crippen LogP contribution in [0.25, 0.3) is 0 Å². The lowest BCUT2D eigenvalue weighted by Gasteiger charge is -2.39. The lowest BCUT2D eigenvalue weighted by atomic mass is 10.00. The number of unbranched alkanes of at least 4 members (excludes halogenated alkanes) is 1. The lowest BCUT2D eigenvalue weighted by Crippen LogP contribution is -2.52. The first kappa shape index (κ1) is 12.9. The van der Waals surface area contributed by atoms with E-state index < -0.39 is 0 Å². The summed E-state index contributed by atoms with van der Waals surface area (Å²) in [6.45, 7) is 6.60. The van der Waals surface area contributed by atoms with Gasteiger partial charge in [-0.3, -0.25) is 5.43 Å². The van der Waals surface area contributed by atoms with Crippen LogP contribution in [-0.2, 0) is 4.74 Å². The molecule has 1 fully saturated rings. The number of rotatable bonds is 6. The van der Waals surface area contributed by atoms with E-state index in [2.05, 4.69) is 24.3 Å². The van der Waals surface area contributed by atoms with Crippen LogP contribution in [-0.4, -0.2) is 37.4 Å². The van der Waals surface area contributed by atoms with Gasteiger partial charge in [0.05, 0.1) is 0 Å². The Kier molecular flexibility index (Phi) is 6.22. The van der Waals surface area contributed by atoms with E-state index in [1.807, 2.05) is 0 Å². The first-order chi connectivity index (χ1) is 7.25. The van der Waals surface area contributed by atoms with Crippen molar-refractivity contribution in [3.8, 4) is 0 Å². The average Bonchev–Trinajstić information content (AvgIpc) is 2.21. The Labute approximate surface area is 94.1 Å². The summed E-state index contributed by atoms with van der Waals surface area (Å²) in [6.07, 6.45) is 6.39. The number of hydrogen-bond donors (Lipinski definition) is 1. The molecule has 3 heteroatoms. The number of piperidine rings is 1. The number of ether oxygens (including phenoxy) is 1. The number of hydrazine groups is 1.